The van der Waals surface area contributed by atoms with Gasteiger partial charge >= 0.3 is 7.60 Å². The number of rotatable bonds is 3. The van der Waals surface area contributed by atoms with Crippen molar-refractivity contribution in [2.75, 3.05) is 14.2 Å². The largest absolute Gasteiger partial charge is 0.507 e. The molecule has 0 amide bonds. The molecule has 0 saturated carbocycles. The predicted molar refractivity (Wildman–Crippen MR) is 68.5 cm³/mol. The summed E-state index contributed by atoms with van der Waals surface area (Å²) in [6.07, 6.45) is 0. The summed E-state index contributed by atoms with van der Waals surface area (Å²) >= 11 is 0. The second-order valence-electron chi connectivity index (χ2n) is 3.67. The Bertz CT molecular complexity index is 630. The Morgan fingerprint density at radius 3 is 2.17 bits per heavy atom. The fourth-order valence-corrected chi connectivity index (χ4v) is 3.01. The topological polar surface area (TPSA) is 76.0 Å². The quantitative estimate of drug-likeness (QED) is 0.660. The molecule has 0 saturated heterocycles. The first-order valence-corrected chi connectivity index (χ1v) is 6.73. The second-order valence-corrected chi connectivity index (χ2v) is 5.88. The highest BCUT2D eigenvalue weighted by atomic mass is 31.2. The number of benzene rings is 2. The maximum atomic E-state index is 12.3. The van der Waals surface area contributed by atoms with Crippen LogP contribution in [0.4, 0.5) is 0 Å². The zero-order valence-corrected chi connectivity index (χ0v) is 10.8. The van der Waals surface area contributed by atoms with Gasteiger partial charge in [-0.05, 0) is 6.07 Å². The van der Waals surface area contributed by atoms with E-state index in [2.05, 4.69) is 0 Å². The molecule has 0 radical (unpaired) electrons. The lowest BCUT2D eigenvalue weighted by atomic mass is 10.1. The third kappa shape index (κ3) is 1.86. The van der Waals surface area contributed by atoms with Crippen molar-refractivity contribution >= 4 is 23.7 Å². The smallest absolute Gasteiger partial charge is 0.364 e. The third-order valence-electron chi connectivity index (χ3n) is 2.75. The van der Waals surface area contributed by atoms with Crippen LogP contribution in [0.15, 0.2) is 30.3 Å². The minimum absolute atomic E-state index is 0.0521. The van der Waals surface area contributed by atoms with Gasteiger partial charge in [0.05, 0.1) is 0 Å². The summed E-state index contributed by atoms with van der Waals surface area (Å²) in [6.45, 7) is 0. The van der Waals surface area contributed by atoms with Gasteiger partial charge in [-0.25, -0.2) is 0 Å². The van der Waals surface area contributed by atoms with Gasteiger partial charge in [-0.2, -0.15) is 0 Å². The Kier molecular flexibility index (Phi) is 3.30. The van der Waals surface area contributed by atoms with Crippen LogP contribution in [0.25, 0.3) is 10.8 Å². The van der Waals surface area contributed by atoms with E-state index >= 15 is 0 Å². The zero-order valence-electron chi connectivity index (χ0n) is 9.95. The number of hydrogen-bond donors (Lipinski definition) is 2. The lowest BCUT2D eigenvalue weighted by Crippen LogP contribution is -2.08. The van der Waals surface area contributed by atoms with E-state index in [1.54, 1.807) is 24.3 Å². The highest BCUT2D eigenvalue weighted by Gasteiger charge is 2.30. The van der Waals surface area contributed by atoms with Crippen LogP contribution in [0.2, 0.25) is 0 Å². The summed E-state index contributed by atoms with van der Waals surface area (Å²) in [5, 5.41) is 20.8. The molecule has 0 aliphatic rings. The van der Waals surface area contributed by atoms with Crippen LogP contribution in [-0.4, -0.2) is 24.4 Å². The van der Waals surface area contributed by atoms with Gasteiger partial charge in [0.1, 0.15) is 16.8 Å². The van der Waals surface area contributed by atoms with E-state index in [1.807, 2.05) is 0 Å². The standard InChI is InChI=1S/C12H13O5P/c1-16-18(15,17-2)11-7-10(13)8-5-3-4-6-9(8)12(11)14/h3-7,13-14H,1-2H3. The molecular weight excluding hydrogens is 255 g/mol. The fourth-order valence-electron chi connectivity index (χ4n) is 1.81. The van der Waals surface area contributed by atoms with Crippen molar-refractivity contribution < 1.29 is 23.8 Å². The number of phenols is 2. The monoisotopic (exact) mass is 268 g/mol. The van der Waals surface area contributed by atoms with Crippen molar-refractivity contribution in [3.8, 4) is 11.5 Å². The van der Waals surface area contributed by atoms with Crippen molar-refractivity contribution in [2.24, 2.45) is 0 Å². The van der Waals surface area contributed by atoms with Crippen LogP contribution in [0, 0.1) is 0 Å². The van der Waals surface area contributed by atoms with Crippen molar-refractivity contribution in [3.05, 3.63) is 30.3 Å². The highest BCUT2D eigenvalue weighted by Crippen LogP contribution is 2.50. The molecule has 2 N–H and O–H groups in total. The van der Waals surface area contributed by atoms with Gasteiger partial charge in [-0.3, -0.25) is 4.57 Å². The van der Waals surface area contributed by atoms with Crippen LogP contribution in [0.3, 0.4) is 0 Å². The molecule has 0 aromatic heterocycles. The van der Waals surface area contributed by atoms with Crippen molar-refractivity contribution in [2.45, 2.75) is 0 Å². The van der Waals surface area contributed by atoms with E-state index < -0.39 is 7.60 Å². The van der Waals surface area contributed by atoms with Crippen molar-refractivity contribution in [1.82, 2.24) is 0 Å². The molecule has 96 valence electrons. The Labute approximate surface area is 104 Å². The Morgan fingerprint density at radius 1 is 1.06 bits per heavy atom. The number of aromatic hydroxyl groups is 2. The Balaban J connectivity index is 2.82. The zero-order chi connectivity index (χ0) is 13.3. The maximum Gasteiger partial charge on any atom is 0.364 e. The highest BCUT2D eigenvalue weighted by molar-refractivity contribution is 7.62. The van der Waals surface area contributed by atoms with Crippen molar-refractivity contribution in [1.29, 1.82) is 0 Å². The van der Waals surface area contributed by atoms with Gasteiger partial charge in [-0.1, -0.05) is 24.3 Å². The predicted octanol–water partition coefficient (Wildman–Crippen LogP) is 2.36. The molecule has 2 aromatic rings. The van der Waals surface area contributed by atoms with Gasteiger partial charge in [0.2, 0.25) is 0 Å². The summed E-state index contributed by atoms with van der Waals surface area (Å²) < 4.78 is 21.9. The van der Waals surface area contributed by atoms with Crippen LogP contribution in [-0.2, 0) is 13.6 Å². The average Bonchev–Trinajstić information content (AvgIpc) is 2.42. The molecule has 5 nitrogen and oxygen atoms in total. The van der Waals surface area contributed by atoms with Gasteiger partial charge in [0.15, 0.2) is 0 Å². The van der Waals surface area contributed by atoms with E-state index in [0.29, 0.717) is 10.8 Å². The van der Waals surface area contributed by atoms with E-state index in [4.69, 9.17) is 9.05 Å². The van der Waals surface area contributed by atoms with Crippen LogP contribution < -0.4 is 5.30 Å². The molecule has 0 aliphatic carbocycles. The average molecular weight is 268 g/mol. The molecule has 0 aliphatic heterocycles. The Hall–Kier alpha value is -1.55. The summed E-state index contributed by atoms with van der Waals surface area (Å²) in [7, 11) is -1.18. The van der Waals surface area contributed by atoms with Gasteiger partial charge in [0, 0.05) is 25.0 Å². The SMILES string of the molecule is COP(=O)(OC)c1cc(O)c2ccccc2c1O. The Morgan fingerprint density at radius 2 is 1.61 bits per heavy atom. The third-order valence-corrected chi connectivity index (χ3v) is 4.64. The normalized spacial score (nSPS) is 11.9. The van der Waals surface area contributed by atoms with E-state index in [-0.39, 0.29) is 16.8 Å². The maximum absolute atomic E-state index is 12.3. The van der Waals surface area contributed by atoms with Crippen molar-refractivity contribution in [3.63, 3.8) is 0 Å². The van der Waals surface area contributed by atoms with E-state index in [1.165, 1.54) is 20.3 Å². The van der Waals surface area contributed by atoms with Crippen LogP contribution in [0.5, 0.6) is 11.5 Å². The van der Waals surface area contributed by atoms with Gasteiger partial charge in [0.25, 0.3) is 0 Å². The molecule has 18 heavy (non-hydrogen) atoms. The molecule has 0 unspecified atom stereocenters. The number of fused-ring (bicyclic) bond motifs is 1. The minimum Gasteiger partial charge on any atom is -0.507 e. The molecule has 0 fully saturated rings. The van der Waals surface area contributed by atoms with Crippen LogP contribution >= 0.6 is 7.60 Å². The molecule has 0 atom stereocenters. The lowest BCUT2D eigenvalue weighted by Gasteiger charge is -2.16. The summed E-state index contributed by atoms with van der Waals surface area (Å²) in [4.78, 5) is 0. The molecule has 0 spiro atoms. The first kappa shape index (κ1) is 12.9. The molecule has 0 bridgehead atoms. The molecule has 2 rings (SSSR count). The molecule has 2 aromatic carbocycles. The van der Waals surface area contributed by atoms with E-state index in [0.717, 1.165) is 0 Å². The van der Waals surface area contributed by atoms with Crippen LogP contribution in [0.1, 0.15) is 0 Å². The molecular formula is C12H13O5P. The number of phenolic OH excluding ortho intramolecular Hbond substituents is 2. The first-order chi connectivity index (χ1) is 8.53. The van der Waals surface area contributed by atoms with Gasteiger partial charge in [-0.15, -0.1) is 0 Å². The molecule has 0 heterocycles. The first-order valence-electron chi connectivity index (χ1n) is 5.19. The minimum atomic E-state index is -3.61. The summed E-state index contributed by atoms with van der Waals surface area (Å²) in [6, 6.07) is 7.90. The summed E-state index contributed by atoms with van der Waals surface area (Å²) in [5.41, 5.74) is 0. The second kappa shape index (κ2) is 4.61. The number of hydrogen-bond acceptors (Lipinski definition) is 5. The molecule has 6 heteroatoms. The van der Waals surface area contributed by atoms with E-state index in [9.17, 15) is 14.8 Å². The lowest BCUT2D eigenvalue weighted by molar-refractivity contribution is 0.286. The summed E-state index contributed by atoms with van der Waals surface area (Å²) in [5.74, 6) is -0.303. The fraction of sp³-hybridized carbons (Fsp3) is 0.167. The van der Waals surface area contributed by atoms with Gasteiger partial charge < -0.3 is 19.3 Å².